The van der Waals surface area contributed by atoms with E-state index >= 15 is 0 Å². The summed E-state index contributed by atoms with van der Waals surface area (Å²) in [5.41, 5.74) is 1.63. The number of likely N-dealkylation sites (tertiary alicyclic amines) is 1. The van der Waals surface area contributed by atoms with Gasteiger partial charge in [-0.2, -0.15) is 0 Å². The second-order valence-corrected chi connectivity index (χ2v) is 6.96. The van der Waals surface area contributed by atoms with Crippen LogP contribution >= 0.6 is 0 Å². The number of allylic oxidation sites excluding steroid dienone is 1. The number of piperidine rings is 1. The van der Waals surface area contributed by atoms with Gasteiger partial charge in [0.25, 0.3) is 0 Å². The number of rotatable bonds is 2. The van der Waals surface area contributed by atoms with Crippen LogP contribution in [0.3, 0.4) is 0 Å². The Labute approximate surface area is 152 Å². The second kappa shape index (κ2) is 6.50. The first-order valence-corrected chi connectivity index (χ1v) is 8.81. The standard InChI is InChI=1S/C21H21NO4/c1-22-9-7-14(8-10-22)18-15(23)12-16(24)19-20(25)17(26-21(18)19)11-13-5-3-2-4-6-13/h2-6,11-12,14,23-24H,7-10H2,1H3/b17-11-. The van der Waals surface area contributed by atoms with Gasteiger partial charge in [0.05, 0.1) is 0 Å². The Morgan fingerprint density at radius 2 is 1.81 bits per heavy atom. The fraction of sp³-hybridized carbons (Fsp3) is 0.286. The minimum Gasteiger partial charge on any atom is -0.507 e. The molecule has 0 bridgehead atoms. The first-order valence-electron chi connectivity index (χ1n) is 8.81. The zero-order valence-corrected chi connectivity index (χ0v) is 14.6. The minimum atomic E-state index is -0.351. The molecule has 0 amide bonds. The lowest BCUT2D eigenvalue weighted by Gasteiger charge is -2.30. The molecule has 2 N–H and O–H groups in total. The molecule has 2 aliphatic rings. The van der Waals surface area contributed by atoms with Crippen LogP contribution in [0.2, 0.25) is 0 Å². The molecule has 2 aromatic carbocycles. The number of hydrogen-bond donors (Lipinski definition) is 2. The van der Waals surface area contributed by atoms with Gasteiger partial charge in [0.15, 0.2) is 5.76 Å². The van der Waals surface area contributed by atoms with E-state index in [-0.39, 0.29) is 34.5 Å². The van der Waals surface area contributed by atoms with Gasteiger partial charge in [-0.05, 0) is 50.5 Å². The van der Waals surface area contributed by atoms with Crippen molar-refractivity contribution in [3.05, 3.63) is 58.8 Å². The molecule has 0 saturated carbocycles. The summed E-state index contributed by atoms with van der Waals surface area (Å²) in [5.74, 6) is -0.0225. The van der Waals surface area contributed by atoms with Crippen molar-refractivity contribution in [3.8, 4) is 17.2 Å². The highest BCUT2D eigenvalue weighted by atomic mass is 16.5. The summed E-state index contributed by atoms with van der Waals surface area (Å²) in [6, 6.07) is 10.7. The number of benzene rings is 2. The van der Waals surface area contributed by atoms with Crippen LogP contribution in [0.15, 0.2) is 42.2 Å². The smallest absolute Gasteiger partial charge is 0.235 e. The number of ketones is 1. The maximum Gasteiger partial charge on any atom is 0.235 e. The third kappa shape index (κ3) is 2.84. The molecule has 5 heteroatoms. The lowest BCUT2D eigenvalue weighted by Crippen LogP contribution is -2.29. The monoisotopic (exact) mass is 351 g/mol. The van der Waals surface area contributed by atoms with E-state index < -0.39 is 0 Å². The van der Waals surface area contributed by atoms with E-state index in [0.717, 1.165) is 31.5 Å². The average molecular weight is 351 g/mol. The number of hydrogen-bond acceptors (Lipinski definition) is 5. The van der Waals surface area contributed by atoms with E-state index in [9.17, 15) is 15.0 Å². The van der Waals surface area contributed by atoms with E-state index in [2.05, 4.69) is 11.9 Å². The predicted octanol–water partition coefficient (Wildman–Crippen LogP) is 3.52. The Morgan fingerprint density at radius 3 is 2.50 bits per heavy atom. The molecule has 134 valence electrons. The topological polar surface area (TPSA) is 70.0 Å². The molecule has 2 aliphatic heterocycles. The third-order valence-corrected chi connectivity index (χ3v) is 5.16. The zero-order valence-electron chi connectivity index (χ0n) is 14.6. The summed E-state index contributed by atoms with van der Waals surface area (Å²) in [5, 5.41) is 20.7. The van der Waals surface area contributed by atoms with Gasteiger partial charge in [0.1, 0.15) is 22.8 Å². The molecule has 2 aromatic rings. The Bertz CT molecular complexity index is 881. The van der Waals surface area contributed by atoms with Gasteiger partial charge in [0, 0.05) is 11.6 Å². The quantitative estimate of drug-likeness (QED) is 0.810. The van der Waals surface area contributed by atoms with E-state index in [4.69, 9.17) is 4.74 Å². The maximum absolute atomic E-state index is 12.8. The summed E-state index contributed by atoms with van der Waals surface area (Å²) in [6.07, 6.45) is 3.41. The summed E-state index contributed by atoms with van der Waals surface area (Å²) < 4.78 is 5.87. The van der Waals surface area contributed by atoms with Crippen LogP contribution in [0.1, 0.15) is 40.2 Å². The van der Waals surface area contributed by atoms with Crippen LogP contribution in [0.25, 0.3) is 6.08 Å². The molecule has 4 rings (SSSR count). The van der Waals surface area contributed by atoms with Gasteiger partial charge in [-0.15, -0.1) is 0 Å². The van der Waals surface area contributed by atoms with E-state index in [1.54, 1.807) is 6.08 Å². The number of phenolic OH excluding ortho intramolecular Hbond substituents is 2. The largest absolute Gasteiger partial charge is 0.507 e. The molecule has 1 fully saturated rings. The number of fused-ring (bicyclic) bond motifs is 1. The molecule has 0 unspecified atom stereocenters. The van der Waals surface area contributed by atoms with Crippen LogP contribution in [0.4, 0.5) is 0 Å². The maximum atomic E-state index is 12.8. The van der Waals surface area contributed by atoms with E-state index in [1.807, 2.05) is 30.3 Å². The zero-order chi connectivity index (χ0) is 18.3. The fourth-order valence-corrected chi connectivity index (χ4v) is 3.74. The average Bonchev–Trinajstić information content (AvgIpc) is 2.94. The molecular weight excluding hydrogens is 330 g/mol. The van der Waals surface area contributed by atoms with Crippen molar-refractivity contribution in [2.75, 3.05) is 20.1 Å². The first kappa shape index (κ1) is 16.7. The van der Waals surface area contributed by atoms with Crippen molar-refractivity contribution >= 4 is 11.9 Å². The molecule has 0 aliphatic carbocycles. The number of nitrogens with zero attached hydrogens (tertiary/aromatic N) is 1. The summed E-state index contributed by atoms with van der Waals surface area (Å²) in [4.78, 5) is 15.0. The summed E-state index contributed by atoms with van der Waals surface area (Å²) in [7, 11) is 2.07. The molecule has 2 heterocycles. The summed E-state index contributed by atoms with van der Waals surface area (Å²) >= 11 is 0. The Balaban J connectivity index is 1.76. The van der Waals surface area contributed by atoms with Gasteiger partial charge >= 0.3 is 0 Å². The Morgan fingerprint density at radius 1 is 1.12 bits per heavy atom. The SMILES string of the molecule is CN1CCC(c2c(O)cc(O)c3c2O/C(=C\c2ccccc2)C3=O)CC1. The molecule has 1 saturated heterocycles. The highest BCUT2D eigenvalue weighted by Gasteiger charge is 2.37. The van der Waals surface area contributed by atoms with Gasteiger partial charge in [-0.1, -0.05) is 30.3 Å². The fourth-order valence-electron chi connectivity index (χ4n) is 3.74. The van der Waals surface area contributed by atoms with Gasteiger partial charge in [-0.3, -0.25) is 4.79 Å². The third-order valence-electron chi connectivity index (χ3n) is 5.16. The number of Topliss-reactive ketones (excluding diaryl/α,β-unsaturated/α-hetero) is 1. The summed E-state index contributed by atoms with van der Waals surface area (Å²) in [6.45, 7) is 1.83. The number of phenols is 2. The number of carbonyl (C=O) groups is 1. The molecule has 0 radical (unpaired) electrons. The number of carbonyl (C=O) groups excluding carboxylic acids is 1. The van der Waals surface area contributed by atoms with E-state index in [1.165, 1.54) is 6.07 Å². The van der Waals surface area contributed by atoms with Crippen molar-refractivity contribution < 1.29 is 19.7 Å². The highest BCUT2D eigenvalue weighted by Crippen LogP contribution is 2.49. The Kier molecular flexibility index (Phi) is 4.17. The normalized spacial score (nSPS) is 19.6. The van der Waals surface area contributed by atoms with Gasteiger partial charge in [0.2, 0.25) is 5.78 Å². The van der Waals surface area contributed by atoms with Gasteiger partial charge < -0.3 is 19.8 Å². The van der Waals surface area contributed by atoms with Crippen LogP contribution in [0.5, 0.6) is 17.2 Å². The van der Waals surface area contributed by atoms with Crippen LogP contribution in [-0.2, 0) is 0 Å². The van der Waals surface area contributed by atoms with Crippen molar-refractivity contribution in [2.24, 2.45) is 0 Å². The van der Waals surface area contributed by atoms with Gasteiger partial charge in [-0.25, -0.2) is 0 Å². The highest BCUT2D eigenvalue weighted by molar-refractivity contribution is 6.16. The number of ether oxygens (including phenoxy) is 1. The lowest BCUT2D eigenvalue weighted by molar-refractivity contribution is 0.101. The minimum absolute atomic E-state index is 0.00966. The van der Waals surface area contributed by atoms with Crippen LogP contribution in [0, 0.1) is 0 Å². The van der Waals surface area contributed by atoms with Crippen LogP contribution < -0.4 is 4.74 Å². The molecular formula is C21H21NO4. The second-order valence-electron chi connectivity index (χ2n) is 6.96. The molecule has 26 heavy (non-hydrogen) atoms. The van der Waals surface area contributed by atoms with Crippen molar-refractivity contribution in [3.63, 3.8) is 0 Å². The lowest BCUT2D eigenvalue weighted by atomic mass is 9.86. The van der Waals surface area contributed by atoms with Crippen LogP contribution in [-0.4, -0.2) is 41.0 Å². The molecule has 0 atom stereocenters. The van der Waals surface area contributed by atoms with E-state index in [0.29, 0.717) is 11.3 Å². The first-order chi connectivity index (χ1) is 12.5. The molecule has 5 nitrogen and oxygen atoms in total. The molecule has 0 spiro atoms. The Hall–Kier alpha value is -2.79. The van der Waals surface area contributed by atoms with Crippen molar-refractivity contribution in [2.45, 2.75) is 18.8 Å². The number of aromatic hydroxyl groups is 2. The van der Waals surface area contributed by atoms with Crippen molar-refractivity contribution in [1.82, 2.24) is 4.90 Å². The molecule has 0 aromatic heterocycles. The van der Waals surface area contributed by atoms with Crippen molar-refractivity contribution in [1.29, 1.82) is 0 Å². The predicted molar refractivity (Wildman–Crippen MR) is 98.6 cm³/mol.